The first-order valence-electron chi connectivity index (χ1n) is 16.4. The number of phenolic OH excluding ortho intramolecular Hbond substituents is 1. The Kier molecular flexibility index (Phi) is 8.91. The van der Waals surface area contributed by atoms with Crippen LogP contribution >= 0.6 is 0 Å². The van der Waals surface area contributed by atoms with Gasteiger partial charge in [-0.05, 0) is 58.2 Å². The van der Waals surface area contributed by atoms with Crippen molar-refractivity contribution >= 4 is 17.8 Å². The number of ether oxygens (including phenoxy) is 4. The molecule has 2 aromatic rings. The van der Waals surface area contributed by atoms with Crippen molar-refractivity contribution in [2.75, 3.05) is 27.5 Å². The van der Waals surface area contributed by atoms with E-state index in [2.05, 4.69) is 26.5 Å². The van der Waals surface area contributed by atoms with Gasteiger partial charge in [0.05, 0.1) is 25.3 Å². The quantitative estimate of drug-likeness (QED) is 0.282. The summed E-state index contributed by atoms with van der Waals surface area (Å²) in [4.78, 5) is 42.5. The van der Waals surface area contributed by atoms with Crippen LogP contribution in [0.1, 0.15) is 79.1 Å². The fraction of sp³-hybridized carbons (Fsp3) is 0.543. The summed E-state index contributed by atoms with van der Waals surface area (Å²) in [6.45, 7) is 8.59. The van der Waals surface area contributed by atoms with Crippen LogP contribution in [-0.4, -0.2) is 84.4 Å². The minimum Gasteiger partial charge on any atom is -0.504 e. The minimum absolute atomic E-state index is 0.0365. The van der Waals surface area contributed by atoms with Gasteiger partial charge in [-0.3, -0.25) is 24.2 Å². The number of carbonyl (C=O) groups excluding carboxylic acids is 3. The van der Waals surface area contributed by atoms with Gasteiger partial charge in [0.25, 0.3) is 0 Å². The van der Waals surface area contributed by atoms with Gasteiger partial charge in [-0.2, -0.15) is 5.26 Å². The summed E-state index contributed by atoms with van der Waals surface area (Å²) in [5.74, 6) is 0.662. The second-order valence-corrected chi connectivity index (χ2v) is 13.1. The van der Waals surface area contributed by atoms with Gasteiger partial charge in [-0.15, -0.1) is 0 Å². The largest absolute Gasteiger partial charge is 0.504 e. The van der Waals surface area contributed by atoms with Crippen LogP contribution in [0.25, 0.3) is 0 Å². The van der Waals surface area contributed by atoms with E-state index in [4.69, 9.17) is 18.9 Å². The molecule has 48 heavy (non-hydrogen) atoms. The summed E-state index contributed by atoms with van der Waals surface area (Å²) in [7, 11) is 3.50. The molecule has 0 aliphatic carbocycles. The van der Waals surface area contributed by atoms with Gasteiger partial charge in [0.1, 0.15) is 17.8 Å². The van der Waals surface area contributed by atoms with Crippen molar-refractivity contribution in [1.82, 2.24) is 20.4 Å². The molecular weight excluding hydrogens is 618 g/mol. The van der Waals surface area contributed by atoms with Crippen molar-refractivity contribution in [1.29, 1.82) is 5.26 Å². The van der Waals surface area contributed by atoms with Gasteiger partial charge in [0, 0.05) is 54.2 Å². The lowest BCUT2D eigenvalue weighted by Crippen LogP contribution is -2.69. The zero-order chi connectivity index (χ0) is 34.6. The average Bonchev–Trinajstić information content (AvgIpc) is 3.52. The molecule has 6 rings (SSSR count). The number of aryl methyl sites for hydroxylation is 1. The monoisotopic (exact) mass is 661 g/mol. The summed E-state index contributed by atoms with van der Waals surface area (Å²) >= 11 is 0. The third kappa shape index (κ3) is 5.27. The number of nitrogens with one attached hydrogen (secondary N) is 2. The summed E-state index contributed by atoms with van der Waals surface area (Å²) in [5, 5.41) is 28.3. The number of fused-ring (bicyclic) bond motifs is 9. The molecule has 2 aromatic carbocycles. The normalized spacial score (nSPS) is 24.3. The van der Waals surface area contributed by atoms with E-state index in [1.165, 1.54) is 14.0 Å². The molecule has 1 saturated heterocycles. The lowest BCUT2D eigenvalue weighted by molar-refractivity contribution is -0.132. The van der Waals surface area contributed by atoms with E-state index in [1.807, 2.05) is 33.9 Å². The van der Waals surface area contributed by atoms with Crippen LogP contribution in [0.3, 0.4) is 0 Å². The molecule has 3 N–H and O–H groups in total. The third-order valence-corrected chi connectivity index (χ3v) is 10.2. The number of methoxy groups -OCH3 is 1. The number of nitrogens with zero attached hydrogens (tertiary/aromatic N) is 3. The maximum absolute atomic E-state index is 13.4. The molecule has 0 aromatic heterocycles. The highest BCUT2D eigenvalue weighted by Gasteiger charge is 2.57. The fourth-order valence-corrected chi connectivity index (χ4v) is 8.27. The molecule has 2 amide bonds. The SMILES string of the molecule is CCCC(=O)N[C@@H](C)C(=O)NC[C@H]1c2c(c(OC(C)=O)c(C)c3c2OCO3)CC2[C@H]3c4c(cc(C)c(OC)c4O)C[C@H](C(C#N)N21)N3C. The van der Waals surface area contributed by atoms with Gasteiger partial charge in [-0.1, -0.05) is 13.0 Å². The van der Waals surface area contributed by atoms with E-state index in [1.54, 1.807) is 6.92 Å². The standard InChI is InChI=1S/C35H43N5O8/c1-8-9-26(42)38-18(4)35(44)37-14-25-28-21(32(48-19(5)41)17(3)33-34(28)47-15-46-33)12-23-29-27-20(10-16(2)31(45-7)30(27)43)11-22(39(29)6)24(13-36)40(23)25/h10,18,22-25,29,43H,8-9,11-12,14-15H2,1-7H3,(H,37,44)(H,38,42)/t18-,22+,23?,24?,25-,29-/m0/s1. The summed E-state index contributed by atoms with van der Waals surface area (Å²) in [5.41, 5.74) is 4.49. The molecule has 4 aliphatic heterocycles. The molecule has 13 heteroatoms. The molecule has 2 bridgehead atoms. The number of hydrogen-bond donors (Lipinski definition) is 3. The number of hydrogen-bond acceptors (Lipinski definition) is 11. The second kappa shape index (κ2) is 12.8. The number of likely N-dealkylation sites (N-methyl/N-ethyl adjacent to an activating group) is 1. The molecule has 1 fully saturated rings. The van der Waals surface area contributed by atoms with Crippen LogP contribution in [0, 0.1) is 25.2 Å². The molecule has 0 spiro atoms. The topological polar surface area (TPSA) is 163 Å². The van der Waals surface area contributed by atoms with Crippen molar-refractivity contribution in [3.05, 3.63) is 39.4 Å². The third-order valence-electron chi connectivity index (χ3n) is 10.2. The first-order chi connectivity index (χ1) is 22.9. The Balaban J connectivity index is 1.52. The van der Waals surface area contributed by atoms with E-state index in [0.29, 0.717) is 65.4 Å². The van der Waals surface area contributed by atoms with Gasteiger partial charge in [-0.25, -0.2) is 0 Å². The molecule has 13 nitrogen and oxygen atoms in total. The second-order valence-electron chi connectivity index (χ2n) is 13.1. The Morgan fingerprint density at radius 3 is 2.54 bits per heavy atom. The molecular formula is C35H43N5O8. The van der Waals surface area contributed by atoms with Crippen molar-refractivity contribution in [2.45, 2.75) is 96.6 Å². The fourth-order valence-electron chi connectivity index (χ4n) is 8.27. The Hall–Kier alpha value is -4.54. The lowest BCUT2D eigenvalue weighted by atomic mass is 9.71. The first-order valence-corrected chi connectivity index (χ1v) is 16.4. The summed E-state index contributed by atoms with van der Waals surface area (Å²) < 4.78 is 23.5. The highest BCUT2D eigenvalue weighted by molar-refractivity contribution is 5.87. The van der Waals surface area contributed by atoms with E-state index in [-0.39, 0.29) is 43.0 Å². The number of rotatable bonds is 8. The molecule has 4 heterocycles. The van der Waals surface area contributed by atoms with Crippen molar-refractivity contribution in [2.24, 2.45) is 0 Å². The number of amides is 2. The minimum atomic E-state index is -0.791. The summed E-state index contributed by atoms with van der Waals surface area (Å²) in [6, 6.07) is 1.54. The number of piperazine rings is 1. The van der Waals surface area contributed by atoms with Crippen molar-refractivity contribution in [3.63, 3.8) is 0 Å². The highest BCUT2D eigenvalue weighted by atomic mass is 16.7. The zero-order valence-corrected chi connectivity index (χ0v) is 28.4. The molecule has 2 unspecified atom stereocenters. The number of esters is 1. The zero-order valence-electron chi connectivity index (χ0n) is 28.4. The molecule has 0 radical (unpaired) electrons. The Labute approximate surface area is 280 Å². The highest BCUT2D eigenvalue weighted by Crippen LogP contribution is 2.58. The van der Waals surface area contributed by atoms with Crippen LogP contribution in [0.15, 0.2) is 6.07 Å². The van der Waals surface area contributed by atoms with Crippen molar-refractivity contribution < 1.29 is 38.4 Å². The van der Waals surface area contributed by atoms with Crippen LogP contribution in [0.5, 0.6) is 28.7 Å². The van der Waals surface area contributed by atoms with Crippen LogP contribution in [0.2, 0.25) is 0 Å². The van der Waals surface area contributed by atoms with Gasteiger partial charge in [0.15, 0.2) is 23.0 Å². The number of carbonyl (C=O) groups is 3. The first kappa shape index (κ1) is 33.4. The number of benzene rings is 2. The van der Waals surface area contributed by atoms with Gasteiger partial charge in [0.2, 0.25) is 18.6 Å². The van der Waals surface area contributed by atoms with Crippen LogP contribution < -0.4 is 29.6 Å². The lowest BCUT2D eigenvalue weighted by Gasteiger charge is -2.60. The molecule has 0 saturated carbocycles. The Morgan fingerprint density at radius 2 is 1.88 bits per heavy atom. The van der Waals surface area contributed by atoms with Crippen LogP contribution in [-0.2, 0) is 27.2 Å². The number of phenols is 1. The van der Waals surface area contributed by atoms with Crippen molar-refractivity contribution in [3.8, 4) is 34.8 Å². The average molecular weight is 662 g/mol. The Morgan fingerprint density at radius 1 is 1.15 bits per heavy atom. The predicted molar refractivity (Wildman–Crippen MR) is 173 cm³/mol. The van der Waals surface area contributed by atoms with Gasteiger partial charge < -0.3 is 34.7 Å². The van der Waals surface area contributed by atoms with E-state index < -0.39 is 30.1 Å². The summed E-state index contributed by atoms with van der Waals surface area (Å²) in [6.07, 6.45) is 1.82. The molecule has 256 valence electrons. The Bertz CT molecular complexity index is 1720. The van der Waals surface area contributed by atoms with E-state index in [0.717, 1.165) is 16.7 Å². The maximum Gasteiger partial charge on any atom is 0.308 e. The predicted octanol–water partition coefficient (Wildman–Crippen LogP) is 2.86. The van der Waals surface area contributed by atoms with Gasteiger partial charge >= 0.3 is 5.97 Å². The molecule has 6 atom stereocenters. The number of aromatic hydroxyl groups is 1. The smallest absolute Gasteiger partial charge is 0.308 e. The van der Waals surface area contributed by atoms with E-state index in [9.17, 15) is 24.8 Å². The maximum atomic E-state index is 13.4. The number of nitriles is 1. The molecule has 4 aliphatic rings. The van der Waals surface area contributed by atoms with E-state index >= 15 is 0 Å². The van der Waals surface area contributed by atoms with Crippen LogP contribution in [0.4, 0.5) is 0 Å².